The number of amides is 1. The summed E-state index contributed by atoms with van der Waals surface area (Å²) in [5, 5.41) is 11.4. The van der Waals surface area contributed by atoms with Crippen LogP contribution in [0.5, 0.6) is 0 Å². The monoisotopic (exact) mass is 358 g/mol. The van der Waals surface area contributed by atoms with Crippen molar-refractivity contribution in [2.24, 2.45) is 0 Å². The number of fused-ring (bicyclic) bond motifs is 1. The van der Waals surface area contributed by atoms with Gasteiger partial charge in [-0.2, -0.15) is 0 Å². The van der Waals surface area contributed by atoms with Crippen molar-refractivity contribution in [3.05, 3.63) is 77.5 Å². The predicted molar refractivity (Wildman–Crippen MR) is 108 cm³/mol. The molecule has 0 saturated carbocycles. The van der Waals surface area contributed by atoms with Crippen molar-refractivity contribution in [2.45, 2.75) is 26.2 Å². The van der Waals surface area contributed by atoms with Gasteiger partial charge in [0.1, 0.15) is 0 Å². The molecule has 3 aromatic rings. The average Bonchev–Trinajstić information content (AvgIpc) is 3.12. The first-order chi connectivity index (χ1) is 13.1. The van der Waals surface area contributed by atoms with Gasteiger partial charge in [0.2, 0.25) is 0 Å². The molecular formula is C22H22N4O. The summed E-state index contributed by atoms with van der Waals surface area (Å²) in [5.41, 5.74) is 4.70. The first-order valence-corrected chi connectivity index (χ1v) is 9.23. The maximum absolute atomic E-state index is 12.6. The van der Waals surface area contributed by atoms with Crippen molar-refractivity contribution in [3.63, 3.8) is 0 Å². The molecule has 5 heteroatoms. The largest absolute Gasteiger partial charge is 0.324 e. The zero-order valence-corrected chi connectivity index (χ0v) is 15.5. The second kappa shape index (κ2) is 7.19. The third-order valence-electron chi connectivity index (χ3n) is 4.88. The molecule has 1 amide bonds. The molecule has 136 valence electrons. The third kappa shape index (κ3) is 3.40. The van der Waals surface area contributed by atoms with E-state index in [1.165, 1.54) is 5.56 Å². The van der Waals surface area contributed by atoms with Crippen LogP contribution in [0.1, 0.15) is 41.4 Å². The topological polar surface area (TPSA) is 58.1 Å². The Hall–Kier alpha value is -3.21. The number of hydrogen-bond acceptors (Lipinski definition) is 4. The van der Waals surface area contributed by atoms with Crippen LogP contribution in [0.4, 0.5) is 17.2 Å². The number of para-hydroxylation sites is 2. The molecule has 2 heterocycles. The minimum absolute atomic E-state index is 0.246. The maximum Gasteiger partial charge on any atom is 0.276 e. The molecule has 1 aromatic heterocycles. The Kier molecular flexibility index (Phi) is 4.59. The Morgan fingerprint density at radius 3 is 2.56 bits per heavy atom. The molecule has 5 nitrogen and oxygen atoms in total. The van der Waals surface area contributed by atoms with Gasteiger partial charge >= 0.3 is 0 Å². The summed E-state index contributed by atoms with van der Waals surface area (Å²) in [4.78, 5) is 14.7. The quantitative estimate of drug-likeness (QED) is 0.743. The van der Waals surface area contributed by atoms with Gasteiger partial charge in [0.05, 0.1) is 0 Å². The normalized spacial score (nSPS) is 12.9. The lowest BCUT2D eigenvalue weighted by Gasteiger charge is -2.17. The molecule has 0 spiro atoms. The Bertz CT molecular complexity index is 966. The van der Waals surface area contributed by atoms with Crippen molar-refractivity contribution in [1.29, 1.82) is 0 Å². The zero-order chi connectivity index (χ0) is 18.8. The first-order valence-electron chi connectivity index (χ1n) is 9.23. The molecule has 1 aliphatic rings. The van der Waals surface area contributed by atoms with E-state index in [9.17, 15) is 4.79 Å². The summed E-state index contributed by atoms with van der Waals surface area (Å²) in [6.45, 7) is 5.09. The number of aromatic nitrogens is 2. The van der Waals surface area contributed by atoms with Gasteiger partial charge in [-0.15, -0.1) is 10.2 Å². The molecule has 0 saturated heterocycles. The lowest BCUT2D eigenvalue weighted by atomic mass is 10.0. The number of carbonyl (C=O) groups excluding carboxylic acids is 1. The third-order valence-corrected chi connectivity index (χ3v) is 4.88. The van der Waals surface area contributed by atoms with Crippen molar-refractivity contribution >= 4 is 23.1 Å². The second-order valence-corrected chi connectivity index (χ2v) is 7.00. The van der Waals surface area contributed by atoms with Gasteiger partial charge in [0, 0.05) is 17.9 Å². The fourth-order valence-electron chi connectivity index (χ4n) is 3.47. The van der Waals surface area contributed by atoms with Crippen LogP contribution >= 0.6 is 0 Å². The van der Waals surface area contributed by atoms with E-state index >= 15 is 0 Å². The summed E-state index contributed by atoms with van der Waals surface area (Å²) in [5.74, 6) is 0.841. The van der Waals surface area contributed by atoms with Gasteiger partial charge in [-0.25, -0.2) is 0 Å². The first kappa shape index (κ1) is 17.2. The van der Waals surface area contributed by atoms with Crippen LogP contribution in [0.25, 0.3) is 0 Å². The number of carbonyl (C=O) groups is 1. The molecule has 0 radical (unpaired) electrons. The van der Waals surface area contributed by atoms with Crippen LogP contribution in [0.15, 0.2) is 60.7 Å². The Morgan fingerprint density at radius 1 is 1.00 bits per heavy atom. The van der Waals surface area contributed by atoms with E-state index in [0.717, 1.165) is 35.7 Å². The van der Waals surface area contributed by atoms with Gasteiger partial charge in [-0.3, -0.25) is 4.79 Å². The van der Waals surface area contributed by atoms with Crippen molar-refractivity contribution in [1.82, 2.24) is 10.2 Å². The summed E-state index contributed by atoms with van der Waals surface area (Å²) in [7, 11) is 0. The number of anilines is 3. The van der Waals surface area contributed by atoms with E-state index in [2.05, 4.69) is 52.5 Å². The molecule has 0 fully saturated rings. The summed E-state index contributed by atoms with van der Waals surface area (Å²) < 4.78 is 0. The fraction of sp³-hybridized carbons (Fsp3) is 0.227. The van der Waals surface area contributed by atoms with Crippen molar-refractivity contribution < 1.29 is 4.79 Å². The predicted octanol–water partition coefficient (Wildman–Crippen LogP) is 4.55. The molecule has 2 aromatic carbocycles. The van der Waals surface area contributed by atoms with Crippen LogP contribution < -0.4 is 10.2 Å². The van der Waals surface area contributed by atoms with E-state index in [4.69, 9.17) is 0 Å². The number of hydrogen-bond donors (Lipinski definition) is 1. The minimum atomic E-state index is -0.246. The van der Waals surface area contributed by atoms with Crippen LogP contribution in [0.3, 0.4) is 0 Å². The SMILES string of the molecule is CC(C)c1ccccc1NC(=O)c1ccc(N2CCc3ccccc32)nn1. The fourth-order valence-corrected chi connectivity index (χ4v) is 3.47. The molecule has 0 bridgehead atoms. The van der Waals surface area contributed by atoms with Gasteiger partial charge in [0.15, 0.2) is 11.5 Å². The summed E-state index contributed by atoms with van der Waals surface area (Å²) in [6, 6.07) is 19.7. The molecule has 0 atom stereocenters. The lowest BCUT2D eigenvalue weighted by molar-refractivity contribution is 0.102. The highest BCUT2D eigenvalue weighted by molar-refractivity contribution is 6.03. The summed E-state index contributed by atoms with van der Waals surface area (Å²) >= 11 is 0. The maximum atomic E-state index is 12.6. The van der Waals surface area contributed by atoms with Gasteiger partial charge in [-0.1, -0.05) is 50.2 Å². The van der Waals surface area contributed by atoms with E-state index in [1.807, 2.05) is 36.4 Å². The van der Waals surface area contributed by atoms with E-state index < -0.39 is 0 Å². The number of nitrogens with one attached hydrogen (secondary N) is 1. The van der Waals surface area contributed by atoms with Crippen LogP contribution in [0, 0.1) is 0 Å². The minimum Gasteiger partial charge on any atom is -0.324 e. The molecule has 0 aliphatic carbocycles. The Morgan fingerprint density at radius 2 is 1.78 bits per heavy atom. The molecule has 1 N–H and O–H groups in total. The number of nitrogens with zero attached hydrogens (tertiary/aromatic N) is 3. The highest BCUT2D eigenvalue weighted by Crippen LogP contribution is 2.32. The molecular weight excluding hydrogens is 336 g/mol. The highest BCUT2D eigenvalue weighted by atomic mass is 16.1. The Balaban J connectivity index is 1.52. The van der Waals surface area contributed by atoms with Crippen LogP contribution in [-0.2, 0) is 6.42 Å². The zero-order valence-electron chi connectivity index (χ0n) is 15.5. The van der Waals surface area contributed by atoms with Gasteiger partial charge in [-0.05, 0) is 47.7 Å². The van der Waals surface area contributed by atoms with Gasteiger partial charge in [0.25, 0.3) is 5.91 Å². The van der Waals surface area contributed by atoms with Crippen molar-refractivity contribution in [3.8, 4) is 0 Å². The van der Waals surface area contributed by atoms with Crippen LogP contribution in [-0.4, -0.2) is 22.6 Å². The van der Waals surface area contributed by atoms with Crippen molar-refractivity contribution in [2.75, 3.05) is 16.8 Å². The van der Waals surface area contributed by atoms with E-state index in [-0.39, 0.29) is 5.91 Å². The number of benzene rings is 2. The molecule has 4 rings (SSSR count). The molecule has 27 heavy (non-hydrogen) atoms. The highest BCUT2D eigenvalue weighted by Gasteiger charge is 2.21. The standard InChI is InChI=1S/C22H22N4O/c1-15(2)17-8-4-5-9-18(17)23-22(27)19-11-12-21(25-24-19)26-14-13-16-7-3-6-10-20(16)26/h3-12,15H,13-14H2,1-2H3,(H,23,27). The smallest absolute Gasteiger partial charge is 0.276 e. The Labute approximate surface area is 159 Å². The lowest BCUT2D eigenvalue weighted by Crippen LogP contribution is -2.18. The van der Waals surface area contributed by atoms with Crippen LogP contribution in [0.2, 0.25) is 0 Å². The second-order valence-electron chi connectivity index (χ2n) is 7.00. The van der Waals surface area contributed by atoms with Gasteiger partial charge < -0.3 is 10.2 Å². The average molecular weight is 358 g/mol. The number of rotatable bonds is 4. The summed E-state index contributed by atoms with van der Waals surface area (Å²) in [6.07, 6.45) is 0.992. The van der Waals surface area contributed by atoms with E-state index in [1.54, 1.807) is 6.07 Å². The molecule has 0 unspecified atom stereocenters. The van der Waals surface area contributed by atoms with E-state index in [0.29, 0.717) is 11.6 Å². The molecule has 1 aliphatic heterocycles.